The summed E-state index contributed by atoms with van der Waals surface area (Å²) in [6, 6.07) is 5.62. The van der Waals surface area contributed by atoms with Gasteiger partial charge in [-0.1, -0.05) is 24.2 Å². The van der Waals surface area contributed by atoms with E-state index in [1.165, 1.54) is 0 Å². The van der Waals surface area contributed by atoms with Crippen molar-refractivity contribution < 1.29 is 9.47 Å². The maximum atomic E-state index is 5.73. The molecule has 0 saturated carbocycles. The molecular weight excluding hydrogens is 200 g/mol. The number of ether oxygens (including phenoxy) is 2. The number of allylic oxidation sites excluding steroid dienone is 1. The van der Waals surface area contributed by atoms with Crippen LogP contribution < -0.4 is 9.47 Å². The van der Waals surface area contributed by atoms with Crippen LogP contribution in [0.2, 0.25) is 0 Å². The smallest absolute Gasteiger partial charge is 0.126 e. The third-order valence-electron chi connectivity index (χ3n) is 1.88. The number of hydrogen-bond acceptors (Lipinski definition) is 2. The molecule has 14 heavy (non-hydrogen) atoms. The van der Waals surface area contributed by atoms with Crippen molar-refractivity contribution in [3.05, 3.63) is 35.4 Å². The summed E-state index contributed by atoms with van der Waals surface area (Å²) in [6.07, 6.45) is 0.606. The van der Waals surface area contributed by atoms with Gasteiger partial charge in [0.25, 0.3) is 0 Å². The normalized spacial score (nSPS) is 9.64. The summed E-state index contributed by atoms with van der Waals surface area (Å²) >= 11 is 5.73. The molecule has 0 bridgehead atoms. The van der Waals surface area contributed by atoms with Gasteiger partial charge >= 0.3 is 0 Å². The summed E-state index contributed by atoms with van der Waals surface area (Å²) in [5.74, 6) is 1.54. The van der Waals surface area contributed by atoms with Gasteiger partial charge in [-0.05, 0) is 11.6 Å². The fourth-order valence-electron chi connectivity index (χ4n) is 1.20. The minimum absolute atomic E-state index is 0.591. The summed E-state index contributed by atoms with van der Waals surface area (Å²) in [7, 11) is 3.24. The molecule has 2 nitrogen and oxygen atoms in total. The third kappa shape index (κ3) is 2.67. The number of hydrogen-bond donors (Lipinski definition) is 0. The molecule has 0 radical (unpaired) electrons. The average molecular weight is 213 g/mol. The molecule has 1 rings (SSSR count). The largest absolute Gasteiger partial charge is 0.497 e. The molecule has 0 fully saturated rings. The SMILES string of the molecule is C=C(Cl)Cc1ccc(OC)cc1OC. The highest BCUT2D eigenvalue weighted by Crippen LogP contribution is 2.26. The van der Waals surface area contributed by atoms with Gasteiger partial charge < -0.3 is 9.47 Å². The molecule has 76 valence electrons. The van der Waals surface area contributed by atoms with Crippen molar-refractivity contribution in [3.8, 4) is 11.5 Å². The van der Waals surface area contributed by atoms with Gasteiger partial charge in [0.15, 0.2) is 0 Å². The lowest BCUT2D eigenvalue weighted by molar-refractivity contribution is 0.391. The Balaban J connectivity index is 2.98. The van der Waals surface area contributed by atoms with E-state index in [4.69, 9.17) is 21.1 Å². The average Bonchev–Trinajstić information content (AvgIpc) is 2.17. The van der Waals surface area contributed by atoms with Crippen LogP contribution in [-0.4, -0.2) is 14.2 Å². The summed E-state index contributed by atoms with van der Waals surface area (Å²) in [5, 5.41) is 0.591. The van der Waals surface area contributed by atoms with Crippen LogP contribution in [0.1, 0.15) is 5.56 Å². The maximum absolute atomic E-state index is 5.73. The predicted octanol–water partition coefficient (Wildman–Crippen LogP) is 3.00. The van der Waals surface area contributed by atoms with E-state index in [1.807, 2.05) is 18.2 Å². The molecule has 0 amide bonds. The van der Waals surface area contributed by atoms with Crippen LogP contribution in [0.5, 0.6) is 11.5 Å². The number of benzene rings is 1. The van der Waals surface area contributed by atoms with Crippen molar-refractivity contribution in [1.82, 2.24) is 0 Å². The summed E-state index contributed by atoms with van der Waals surface area (Å²) < 4.78 is 10.3. The lowest BCUT2D eigenvalue weighted by Crippen LogP contribution is -1.93. The summed E-state index contributed by atoms with van der Waals surface area (Å²) in [6.45, 7) is 3.65. The van der Waals surface area contributed by atoms with Crippen molar-refractivity contribution in [2.24, 2.45) is 0 Å². The Labute approximate surface area is 89.1 Å². The van der Waals surface area contributed by atoms with E-state index in [-0.39, 0.29) is 0 Å². The van der Waals surface area contributed by atoms with Crippen molar-refractivity contribution >= 4 is 11.6 Å². The molecule has 0 aromatic heterocycles. The number of methoxy groups -OCH3 is 2. The minimum atomic E-state index is 0.591. The molecule has 0 heterocycles. The van der Waals surface area contributed by atoms with Crippen LogP contribution in [-0.2, 0) is 6.42 Å². The van der Waals surface area contributed by atoms with Crippen molar-refractivity contribution in [1.29, 1.82) is 0 Å². The van der Waals surface area contributed by atoms with Gasteiger partial charge in [0.2, 0.25) is 0 Å². The first-order chi connectivity index (χ1) is 6.67. The second-order valence-electron chi connectivity index (χ2n) is 2.87. The Kier molecular flexibility index (Phi) is 3.84. The molecule has 0 unspecified atom stereocenters. The number of halogens is 1. The van der Waals surface area contributed by atoms with Crippen molar-refractivity contribution in [2.75, 3.05) is 14.2 Å². The topological polar surface area (TPSA) is 18.5 Å². The quantitative estimate of drug-likeness (QED) is 0.764. The van der Waals surface area contributed by atoms with E-state index in [0.717, 1.165) is 17.1 Å². The highest BCUT2D eigenvalue weighted by atomic mass is 35.5. The monoisotopic (exact) mass is 212 g/mol. The maximum Gasteiger partial charge on any atom is 0.126 e. The highest BCUT2D eigenvalue weighted by Gasteiger charge is 2.05. The standard InChI is InChI=1S/C11H13ClO2/c1-8(12)6-9-4-5-10(13-2)7-11(9)14-3/h4-5,7H,1,6H2,2-3H3. The first-order valence-corrected chi connectivity index (χ1v) is 4.59. The third-order valence-corrected chi connectivity index (χ3v) is 2.01. The van der Waals surface area contributed by atoms with Gasteiger partial charge in [-0.2, -0.15) is 0 Å². The van der Waals surface area contributed by atoms with Crippen LogP contribution in [0.4, 0.5) is 0 Å². The van der Waals surface area contributed by atoms with Crippen molar-refractivity contribution in [3.63, 3.8) is 0 Å². The van der Waals surface area contributed by atoms with Gasteiger partial charge in [-0.15, -0.1) is 0 Å². The second kappa shape index (κ2) is 4.91. The first-order valence-electron chi connectivity index (χ1n) is 4.21. The van der Waals surface area contributed by atoms with Crippen LogP contribution in [0.3, 0.4) is 0 Å². The Bertz CT molecular complexity index is 334. The van der Waals surface area contributed by atoms with Crippen LogP contribution >= 0.6 is 11.6 Å². The molecule has 0 aliphatic heterocycles. The van der Waals surface area contributed by atoms with E-state index in [1.54, 1.807) is 14.2 Å². The molecule has 3 heteroatoms. The van der Waals surface area contributed by atoms with Gasteiger partial charge in [0.1, 0.15) is 11.5 Å². The molecule has 0 saturated heterocycles. The summed E-state index contributed by atoms with van der Waals surface area (Å²) in [4.78, 5) is 0. The van der Waals surface area contributed by atoms with E-state index in [9.17, 15) is 0 Å². The Hall–Kier alpha value is -1.15. The molecule has 0 spiro atoms. The van der Waals surface area contributed by atoms with Crippen LogP contribution in [0.15, 0.2) is 29.8 Å². The highest BCUT2D eigenvalue weighted by molar-refractivity contribution is 6.29. The van der Waals surface area contributed by atoms with E-state index in [2.05, 4.69) is 6.58 Å². The van der Waals surface area contributed by atoms with Crippen LogP contribution in [0.25, 0.3) is 0 Å². The Morgan fingerprint density at radius 2 is 2.07 bits per heavy atom. The molecule has 1 aromatic rings. The zero-order chi connectivity index (χ0) is 10.6. The fourth-order valence-corrected chi connectivity index (χ4v) is 1.35. The Morgan fingerprint density at radius 3 is 2.57 bits per heavy atom. The molecular formula is C11H13ClO2. The van der Waals surface area contributed by atoms with Gasteiger partial charge in [-0.3, -0.25) is 0 Å². The lowest BCUT2D eigenvalue weighted by atomic mass is 10.1. The van der Waals surface area contributed by atoms with Crippen LogP contribution in [0, 0.1) is 0 Å². The summed E-state index contributed by atoms with van der Waals surface area (Å²) in [5.41, 5.74) is 1.01. The number of rotatable bonds is 4. The molecule has 0 aliphatic carbocycles. The molecule has 0 N–H and O–H groups in total. The minimum Gasteiger partial charge on any atom is -0.497 e. The predicted molar refractivity (Wildman–Crippen MR) is 58.2 cm³/mol. The Morgan fingerprint density at radius 1 is 1.36 bits per heavy atom. The van der Waals surface area contributed by atoms with Gasteiger partial charge in [0, 0.05) is 17.5 Å². The van der Waals surface area contributed by atoms with Gasteiger partial charge in [0.05, 0.1) is 14.2 Å². The van der Waals surface area contributed by atoms with E-state index < -0.39 is 0 Å². The molecule has 0 aliphatic rings. The van der Waals surface area contributed by atoms with E-state index >= 15 is 0 Å². The zero-order valence-electron chi connectivity index (χ0n) is 8.34. The van der Waals surface area contributed by atoms with E-state index in [0.29, 0.717) is 11.5 Å². The first kappa shape index (κ1) is 10.9. The van der Waals surface area contributed by atoms with Gasteiger partial charge in [-0.25, -0.2) is 0 Å². The lowest BCUT2D eigenvalue weighted by Gasteiger charge is -2.09. The second-order valence-corrected chi connectivity index (χ2v) is 3.41. The molecule has 1 aromatic carbocycles. The fraction of sp³-hybridized carbons (Fsp3) is 0.273. The molecule has 0 atom stereocenters. The zero-order valence-corrected chi connectivity index (χ0v) is 9.10. The van der Waals surface area contributed by atoms with Crippen molar-refractivity contribution in [2.45, 2.75) is 6.42 Å².